The van der Waals surface area contributed by atoms with Gasteiger partial charge in [-0.3, -0.25) is 4.79 Å². The fourth-order valence-electron chi connectivity index (χ4n) is 2.77. The van der Waals surface area contributed by atoms with Gasteiger partial charge < -0.3 is 10.1 Å². The Morgan fingerprint density at radius 2 is 1.82 bits per heavy atom. The molecule has 28 heavy (non-hydrogen) atoms. The van der Waals surface area contributed by atoms with E-state index in [2.05, 4.69) is 21.2 Å². The second-order valence-corrected chi connectivity index (χ2v) is 9.45. The first-order chi connectivity index (χ1) is 13.1. The molecule has 0 aromatic heterocycles. The Morgan fingerprint density at radius 3 is 2.32 bits per heavy atom. The number of anilines is 1. The largest absolute Gasteiger partial charge is 0.495 e. The Labute approximate surface area is 179 Å². The van der Waals surface area contributed by atoms with Gasteiger partial charge in [-0.15, -0.1) is 0 Å². The van der Waals surface area contributed by atoms with Crippen LogP contribution in [0.3, 0.4) is 0 Å². The van der Waals surface area contributed by atoms with Gasteiger partial charge in [-0.1, -0.05) is 34.5 Å². The third-order valence-electron chi connectivity index (χ3n) is 4.20. The molecule has 0 heterocycles. The topological polar surface area (TPSA) is 75.7 Å². The van der Waals surface area contributed by atoms with Crippen LogP contribution in [0.25, 0.3) is 0 Å². The van der Waals surface area contributed by atoms with Crippen LogP contribution in [-0.2, 0) is 14.8 Å². The zero-order valence-corrected chi connectivity index (χ0v) is 19.2. The highest BCUT2D eigenvalue weighted by Crippen LogP contribution is 2.29. The first kappa shape index (κ1) is 22.7. The standard InChI is InChI=1S/C19H22BrClN2O4S/c1-5-23(28(25,26)15-6-7-17(27-4)16(21)10-15)11-18(24)22-19-12(2)8-14(20)9-13(19)3/h6-10H,5,11H2,1-4H3,(H,22,24). The van der Waals surface area contributed by atoms with Gasteiger partial charge in [-0.25, -0.2) is 8.42 Å². The number of hydrogen-bond donors (Lipinski definition) is 1. The normalized spacial score (nSPS) is 11.5. The zero-order chi connectivity index (χ0) is 21.1. The molecule has 1 amide bonds. The van der Waals surface area contributed by atoms with Crippen molar-refractivity contribution in [3.63, 3.8) is 0 Å². The molecule has 0 unspecified atom stereocenters. The summed E-state index contributed by atoms with van der Waals surface area (Å²) in [7, 11) is -2.44. The first-order valence-corrected chi connectivity index (χ1v) is 11.1. The minimum absolute atomic E-state index is 0.00366. The van der Waals surface area contributed by atoms with Crippen molar-refractivity contribution in [1.82, 2.24) is 4.31 Å². The Hall–Kier alpha value is -1.61. The summed E-state index contributed by atoms with van der Waals surface area (Å²) < 4.78 is 32.9. The highest BCUT2D eigenvalue weighted by Gasteiger charge is 2.26. The lowest BCUT2D eigenvalue weighted by Crippen LogP contribution is -2.38. The number of methoxy groups -OCH3 is 1. The van der Waals surface area contributed by atoms with Crippen molar-refractivity contribution in [2.75, 3.05) is 25.5 Å². The quantitative estimate of drug-likeness (QED) is 0.626. The van der Waals surface area contributed by atoms with E-state index < -0.39 is 15.9 Å². The van der Waals surface area contributed by atoms with E-state index in [1.165, 1.54) is 25.3 Å². The summed E-state index contributed by atoms with van der Waals surface area (Å²) in [5, 5.41) is 3.00. The molecule has 0 fully saturated rings. The zero-order valence-electron chi connectivity index (χ0n) is 16.0. The number of amides is 1. The molecular weight excluding hydrogens is 468 g/mol. The van der Waals surface area contributed by atoms with Crippen LogP contribution < -0.4 is 10.1 Å². The van der Waals surface area contributed by atoms with Gasteiger partial charge in [0.15, 0.2) is 0 Å². The molecule has 0 bridgehead atoms. The molecule has 0 aliphatic heterocycles. The maximum atomic E-state index is 12.9. The molecule has 1 N–H and O–H groups in total. The van der Waals surface area contributed by atoms with Gasteiger partial charge in [0, 0.05) is 16.7 Å². The van der Waals surface area contributed by atoms with E-state index in [4.69, 9.17) is 16.3 Å². The minimum Gasteiger partial charge on any atom is -0.495 e. The lowest BCUT2D eigenvalue weighted by molar-refractivity contribution is -0.116. The first-order valence-electron chi connectivity index (χ1n) is 8.50. The number of hydrogen-bond acceptors (Lipinski definition) is 4. The van der Waals surface area contributed by atoms with Crippen molar-refractivity contribution >= 4 is 49.1 Å². The van der Waals surface area contributed by atoms with Gasteiger partial charge in [0.05, 0.1) is 23.6 Å². The predicted molar refractivity (Wildman–Crippen MR) is 115 cm³/mol. The molecule has 0 spiro atoms. The highest BCUT2D eigenvalue weighted by molar-refractivity contribution is 9.10. The van der Waals surface area contributed by atoms with Crippen molar-refractivity contribution in [3.8, 4) is 5.75 Å². The number of carbonyl (C=O) groups excluding carboxylic acids is 1. The molecule has 0 atom stereocenters. The van der Waals surface area contributed by atoms with E-state index in [-0.39, 0.29) is 23.0 Å². The summed E-state index contributed by atoms with van der Waals surface area (Å²) >= 11 is 9.47. The van der Waals surface area contributed by atoms with E-state index in [1.807, 2.05) is 26.0 Å². The summed E-state index contributed by atoms with van der Waals surface area (Å²) in [4.78, 5) is 12.5. The Bertz CT molecular complexity index is 972. The number of benzene rings is 2. The van der Waals surface area contributed by atoms with E-state index in [0.717, 1.165) is 19.9 Å². The number of aryl methyl sites for hydroxylation is 2. The van der Waals surface area contributed by atoms with E-state index in [1.54, 1.807) is 6.92 Å². The third kappa shape index (κ3) is 5.05. The number of ether oxygens (including phenoxy) is 1. The van der Waals surface area contributed by atoms with Gasteiger partial charge in [-0.2, -0.15) is 4.31 Å². The van der Waals surface area contributed by atoms with Crippen LogP contribution in [0.5, 0.6) is 5.75 Å². The van der Waals surface area contributed by atoms with Crippen molar-refractivity contribution < 1.29 is 17.9 Å². The van der Waals surface area contributed by atoms with Crippen LogP contribution in [0.2, 0.25) is 5.02 Å². The van der Waals surface area contributed by atoms with Gasteiger partial charge in [-0.05, 0) is 55.3 Å². The molecule has 9 heteroatoms. The van der Waals surface area contributed by atoms with Crippen LogP contribution in [0.4, 0.5) is 5.69 Å². The van der Waals surface area contributed by atoms with Crippen molar-refractivity contribution in [1.29, 1.82) is 0 Å². The molecule has 152 valence electrons. The van der Waals surface area contributed by atoms with Crippen LogP contribution >= 0.6 is 27.5 Å². The molecular formula is C19H22BrClN2O4S. The number of nitrogens with zero attached hydrogens (tertiary/aromatic N) is 1. The van der Waals surface area contributed by atoms with Crippen LogP contribution in [-0.4, -0.2) is 38.8 Å². The smallest absolute Gasteiger partial charge is 0.243 e. The van der Waals surface area contributed by atoms with Gasteiger partial charge >= 0.3 is 0 Å². The number of nitrogens with one attached hydrogen (secondary N) is 1. The number of likely N-dealkylation sites (N-methyl/N-ethyl adjacent to an activating group) is 1. The maximum absolute atomic E-state index is 12.9. The summed E-state index contributed by atoms with van der Waals surface area (Å²) in [6.45, 7) is 5.25. The highest BCUT2D eigenvalue weighted by atomic mass is 79.9. The molecule has 2 aromatic carbocycles. The maximum Gasteiger partial charge on any atom is 0.243 e. The van der Waals surface area contributed by atoms with E-state index in [9.17, 15) is 13.2 Å². The van der Waals surface area contributed by atoms with Crippen LogP contribution in [0, 0.1) is 13.8 Å². The van der Waals surface area contributed by atoms with Crippen molar-refractivity contribution in [3.05, 3.63) is 51.0 Å². The van der Waals surface area contributed by atoms with E-state index in [0.29, 0.717) is 11.4 Å². The van der Waals surface area contributed by atoms with Crippen LogP contribution in [0.1, 0.15) is 18.1 Å². The number of halogens is 2. The molecule has 6 nitrogen and oxygen atoms in total. The average Bonchev–Trinajstić information content (AvgIpc) is 2.62. The monoisotopic (exact) mass is 488 g/mol. The average molecular weight is 490 g/mol. The number of sulfonamides is 1. The molecule has 0 aliphatic carbocycles. The predicted octanol–water partition coefficient (Wildman–Crippen LogP) is 4.38. The van der Waals surface area contributed by atoms with E-state index >= 15 is 0 Å². The second-order valence-electron chi connectivity index (χ2n) is 6.19. The minimum atomic E-state index is -3.89. The summed E-state index contributed by atoms with van der Waals surface area (Å²) in [5.41, 5.74) is 2.44. The van der Waals surface area contributed by atoms with Crippen molar-refractivity contribution in [2.45, 2.75) is 25.7 Å². The third-order valence-corrected chi connectivity index (χ3v) is 6.87. The Kier molecular flexibility index (Phi) is 7.50. The SMILES string of the molecule is CCN(CC(=O)Nc1c(C)cc(Br)cc1C)S(=O)(=O)c1ccc(OC)c(Cl)c1. The molecule has 0 aliphatic rings. The fraction of sp³-hybridized carbons (Fsp3) is 0.316. The van der Waals surface area contributed by atoms with Gasteiger partial charge in [0.1, 0.15) is 5.75 Å². The molecule has 0 saturated heterocycles. The Balaban J connectivity index is 2.23. The summed E-state index contributed by atoms with van der Waals surface area (Å²) in [6.07, 6.45) is 0. The fourth-order valence-corrected chi connectivity index (χ4v) is 5.21. The number of carbonyl (C=O) groups is 1. The lowest BCUT2D eigenvalue weighted by Gasteiger charge is -2.21. The lowest BCUT2D eigenvalue weighted by atomic mass is 10.1. The van der Waals surface area contributed by atoms with Gasteiger partial charge in [0.2, 0.25) is 15.9 Å². The Morgan fingerprint density at radius 1 is 1.21 bits per heavy atom. The molecule has 0 radical (unpaired) electrons. The molecule has 2 aromatic rings. The van der Waals surface area contributed by atoms with Crippen molar-refractivity contribution in [2.24, 2.45) is 0 Å². The molecule has 0 saturated carbocycles. The molecule has 2 rings (SSSR count). The van der Waals surface area contributed by atoms with Crippen LogP contribution in [0.15, 0.2) is 39.7 Å². The summed E-state index contributed by atoms with van der Waals surface area (Å²) in [5.74, 6) is -0.0406. The number of rotatable bonds is 7. The van der Waals surface area contributed by atoms with Gasteiger partial charge in [0.25, 0.3) is 0 Å². The second kappa shape index (κ2) is 9.26. The summed E-state index contributed by atoms with van der Waals surface area (Å²) in [6, 6.07) is 7.98.